The van der Waals surface area contributed by atoms with Crippen molar-refractivity contribution in [3.05, 3.63) is 35.7 Å². The molecule has 14 heteroatoms. The van der Waals surface area contributed by atoms with Gasteiger partial charge in [0, 0.05) is 34.6 Å². The third kappa shape index (κ3) is 4.41. The van der Waals surface area contributed by atoms with Crippen LogP contribution in [0, 0.1) is 0 Å². The molecule has 0 radical (unpaired) electrons. The molecule has 0 atom stereocenters. The van der Waals surface area contributed by atoms with Crippen LogP contribution in [0.2, 0.25) is 0 Å². The number of rotatable bonds is 5. The fraction of sp³-hybridized carbons (Fsp3) is 0.381. The molecule has 35 heavy (non-hydrogen) atoms. The molecule has 2 bridgehead atoms. The predicted octanol–water partition coefficient (Wildman–Crippen LogP) is 2.64. The number of hydrogen-bond acceptors (Lipinski definition) is 10. The number of anilines is 3. The van der Waals surface area contributed by atoms with E-state index in [1.807, 2.05) is 4.90 Å². The van der Waals surface area contributed by atoms with Crippen LogP contribution in [-0.4, -0.2) is 63.4 Å². The number of ether oxygens (including phenoxy) is 2. The van der Waals surface area contributed by atoms with Crippen LogP contribution in [0.25, 0.3) is 22.8 Å². The maximum atomic E-state index is 13.9. The molecule has 0 saturated carbocycles. The van der Waals surface area contributed by atoms with Crippen LogP contribution in [0.5, 0.6) is 0 Å². The third-order valence-electron chi connectivity index (χ3n) is 5.75. The molecule has 0 amide bonds. The van der Waals surface area contributed by atoms with Crippen LogP contribution in [0.4, 0.5) is 35.1 Å². The van der Waals surface area contributed by atoms with E-state index < -0.39 is 24.0 Å². The Morgan fingerprint density at radius 1 is 0.743 bits per heavy atom. The van der Waals surface area contributed by atoms with Gasteiger partial charge in [-0.1, -0.05) is 0 Å². The lowest BCUT2D eigenvalue weighted by molar-refractivity contribution is -0.0354. The molecule has 2 aliphatic heterocycles. The van der Waals surface area contributed by atoms with E-state index in [0.29, 0.717) is 26.4 Å². The maximum Gasteiger partial charge on any atom is 0.264 e. The van der Waals surface area contributed by atoms with Crippen LogP contribution < -0.4 is 16.4 Å². The highest BCUT2D eigenvalue weighted by Gasteiger charge is 2.38. The van der Waals surface area contributed by atoms with Gasteiger partial charge in [0.25, 0.3) is 12.9 Å². The molecule has 5 rings (SSSR count). The number of nitrogens with zero attached hydrogens (tertiary/aromatic N) is 6. The topological polar surface area (TPSA) is 138 Å². The van der Waals surface area contributed by atoms with Gasteiger partial charge in [0.2, 0.25) is 5.95 Å². The molecule has 0 aliphatic carbocycles. The molecule has 10 nitrogen and oxygen atoms in total. The summed E-state index contributed by atoms with van der Waals surface area (Å²) in [7, 11) is 0. The Morgan fingerprint density at radius 3 is 1.57 bits per heavy atom. The molecule has 4 N–H and O–H groups in total. The molecule has 0 spiro atoms. The van der Waals surface area contributed by atoms with E-state index in [1.165, 1.54) is 0 Å². The zero-order valence-corrected chi connectivity index (χ0v) is 18.1. The van der Waals surface area contributed by atoms with Crippen molar-refractivity contribution in [3.63, 3.8) is 0 Å². The largest absolute Gasteiger partial charge is 0.384 e. The number of nitrogen functional groups attached to an aromatic ring is 2. The van der Waals surface area contributed by atoms with Crippen LogP contribution in [0.3, 0.4) is 0 Å². The quantitative estimate of drug-likeness (QED) is 0.511. The highest BCUT2D eigenvalue weighted by atomic mass is 19.3. The van der Waals surface area contributed by atoms with Gasteiger partial charge in [0.15, 0.2) is 11.6 Å². The molecule has 2 saturated heterocycles. The Bertz CT molecular complexity index is 1150. The Kier molecular flexibility index (Phi) is 6.06. The number of morpholine rings is 2. The lowest BCUT2D eigenvalue weighted by Crippen LogP contribution is -2.60. The van der Waals surface area contributed by atoms with Gasteiger partial charge in [-0.25, -0.2) is 32.5 Å². The Morgan fingerprint density at radius 2 is 1.17 bits per heavy atom. The summed E-state index contributed by atoms with van der Waals surface area (Å²) >= 11 is 0. The molecule has 184 valence electrons. The Labute approximate surface area is 196 Å². The fourth-order valence-electron chi connectivity index (χ4n) is 4.15. The summed E-state index contributed by atoms with van der Waals surface area (Å²) in [5, 5.41) is 0. The average Bonchev–Trinajstić information content (AvgIpc) is 2.83. The van der Waals surface area contributed by atoms with Crippen LogP contribution in [-0.2, 0) is 9.47 Å². The summed E-state index contributed by atoms with van der Waals surface area (Å²) in [5.41, 5.74) is 10.1. The molecule has 3 aromatic rings. The second-order valence-electron chi connectivity index (χ2n) is 8.07. The Hall–Kier alpha value is -3.65. The molecule has 2 fully saturated rings. The van der Waals surface area contributed by atoms with Gasteiger partial charge in [0.05, 0.1) is 38.5 Å². The first-order valence-corrected chi connectivity index (χ1v) is 10.6. The van der Waals surface area contributed by atoms with Gasteiger partial charge in [-0.2, -0.15) is 9.97 Å². The zero-order valence-electron chi connectivity index (χ0n) is 18.1. The number of halogens is 4. The molecular formula is C21H20F4N8O2. The van der Waals surface area contributed by atoms with Crippen molar-refractivity contribution in [2.75, 3.05) is 42.8 Å². The van der Waals surface area contributed by atoms with Gasteiger partial charge in [-0.05, 0) is 12.1 Å². The van der Waals surface area contributed by atoms with E-state index in [1.54, 1.807) is 0 Å². The summed E-state index contributed by atoms with van der Waals surface area (Å²) in [4.78, 5) is 22.8. The minimum absolute atomic E-state index is 0.101. The summed E-state index contributed by atoms with van der Waals surface area (Å²) in [5.74, 6) is -0.450. The molecule has 0 unspecified atom stereocenters. The number of alkyl halides is 4. The third-order valence-corrected chi connectivity index (χ3v) is 5.75. The second-order valence-corrected chi connectivity index (χ2v) is 8.07. The minimum atomic E-state index is -2.91. The highest BCUT2D eigenvalue weighted by Crippen LogP contribution is 2.35. The summed E-state index contributed by atoms with van der Waals surface area (Å²) < 4.78 is 66.6. The Balaban J connectivity index is 1.73. The first-order chi connectivity index (χ1) is 16.8. The second kappa shape index (κ2) is 9.19. The number of aromatic nitrogens is 5. The summed E-state index contributed by atoms with van der Waals surface area (Å²) in [6, 6.07) is 1.53. The van der Waals surface area contributed by atoms with Gasteiger partial charge >= 0.3 is 0 Å². The van der Waals surface area contributed by atoms with Gasteiger partial charge in [-0.15, -0.1) is 0 Å². The van der Waals surface area contributed by atoms with E-state index in [9.17, 15) is 17.6 Å². The monoisotopic (exact) mass is 492 g/mol. The van der Waals surface area contributed by atoms with Crippen LogP contribution in [0.1, 0.15) is 24.0 Å². The van der Waals surface area contributed by atoms with Gasteiger partial charge in [0.1, 0.15) is 11.6 Å². The standard InChI is InChI=1S/C21H20F4N8O2/c22-17(23)11-1-15(26)28-3-13(11)19-30-20(14-4-29-16(27)2-12(14)18(24)25)32-21(31-19)33-9-5-34-7-10(33)8-35-6-9/h1-4,9-10,17-18H,5-8H2,(H2,26,28)(H2,27,29). The van der Waals surface area contributed by atoms with E-state index in [2.05, 4.69) is 24.9 Å². The van der Waals surface area contributed by atoms with E-state index in [4.69, 9.17) is 20.9 Å². The van der Waals surface area contributed by atoms with Crippen LogP contribution in [0.15, 0.2) is 24.5 Å². The highest BCUT2D eigenvalue weighted by molar-refractivity contribution is 5.68. The number of fused-ring (bicyclic) bond motifs is 2. The molecule has 3 aromatic heterocycles. The normalized spacial score (nSPS) is 20.0. The summed E-state index contributed by atoms with van der Waals surface area (Å²) in [6.07, 6.45) is -3.58. The van der Waals surface area contributed by atoms with Crippen molar-refractivity contribution >= 4 is 17.6 Å². The fourth-order valence-corrected chi connectivity index (χ4v) is 4.15. The zero-order chi connectivity index (χ0) is 24.7. The molecule has 5 heterocycles. The van der Waals surface area contributed by atoms with E-state index in [0.717, 1.165) is 24.5 Å². The number of pyridine rings is 2. The summed E-state index contributed by atoms with van der Waals surface area (Å²) in [6.45, 7) is 1.29. The smallest absolute Gasteiger partial charge is 0.264 e. The first kappa shape index (κ1) is 23.1. The van der Waals surface area contributed by atoms with E-state index >= 15 is 0 Å². The minimum Gasteiger partial charge on any atom is -0.384 e. The van der Waals surface area contributed by atoms with E-state index in [-0.39, 0.29) is 52.4 Å². The average molecular weight is 492 g/mol. The molecule has 0 aromatic carbocycles. The molecular weight excluding hydrogens is 472 g/mol. The maximum absolute atomic E-state index is 13.9. The predicted molar refractivity (Wildman–Crippen MR) is 117 cm³/mol. The lowest BCUT2D eigenvalue weighted by Gasteiger charge is -2.45. The lowest BCUT2D eigenvalue weighted by atomic mass is 10.1. The molecule has 2 aliphatic rings. The number of nitrogens with two attached hydrogens (primary N) is 2. The number of hydrogen-bond donors (Lipinski definition) is 2. The van der Waals surface area contributed by atoms with Gasteiger partial charge < -0.3 is 25.8 Å². The van der Waals surface area contributed by atoms with Crippen molar-refractivity contribution in [2.45, 2.75) is 24.9 Å². The SMILES string of the molecule is Nc1cc(C(F)F)c(-c2nc(-c3cnc(N)cc3C(F)F)nc(N3C4COCC3COC4)n2)cn1. The van der Waals surface area contributed by atoms with Crippen molar-refractivity contribution in [3.8, 4) is 22.8 Å². The van der Waals surface area contributed by atoms with Gasteiger partial charge in [-0.3, -0.25) is 0 Å². The van der Waals surface area contributed by atoms with Crippen molar-refractivity contribution < 1.29 is 27.0 Å². The van der Waals surface area contributed by atoms with Crippen molar-refractivity contribution in [1.82, 2.24) is 24.9 Å². The van der Waals surface area contributed by atoms with Crippen molar-refractivity contribution in [1.29, 1.82) is 0 Å². The van der Waals surface area contributed by atoms with Crippen LogP contribution >= 0.6 is 0 Å². The van der Waals surface area contributed by atoms with Crippen molar-refractivity contribution in [2.24, 2.45) is 0 Å². The first-order valence-electron chi connectivity index (χ1n) is 10.6.